The zero-order valence-electron chi connectivity index (χ0n) is 11.2. The van der Waals surface area contributed by atoms with Gasteiger partial charge in [0.2, 0.25) is 5.88 Å². The lowest BCUT2D eigenvalue weighted by Crippen LogP contribution is -2.12. The summed E-state index contributed by atoms with van der Waals surface area (Å²) in [7, 11) is 0. The third-order valence-electron chi connectivity index (χ3n) is 2.75. The van der Waals surface area contributed by atoms with Crippen LogP contribution < -0.4 is 10.1 Å². The zero-order valence-corrected chi connectivity index (χ0v) is 13.5. The molecule has 0 aliphatic heterocycles. The Hall–Kier alpha value is -1.10. The first-order valence-corrected chi connectivity index (χ1v) is 7.58. The van der Waals surface area contributed by atoms with Gasteiger partial charge in [-0.2, -0.15) is 0 Å². The first-order valence-electron chi connectivity index (χ1n) is 6.41. The van der Waals surface area contributed by atoms with E-state index in [0.717, 1.165) is 22.1 Å². The molecule has 0 aliphatic carbocycles. The van der Waals surface area contributed by atoms with Gasteiger partial charge < -0.3 is 10.1 Å². The van der Waals surface area contributed by atoms with E-state index in [-0.39, 0.29) is 0 Å². The van der Waals surface area contributed by atoms with Crippen molar-refractivity contribution in [2.24, 2.45) is 0 Å². The highest BCUT2D eigenvalue weighted by Crippen LogP contribution is 2.20. The lowest BCUT2D eigenvalue weighted by molar-refractivity contribution is 0.293. The van der Waals surface area contributed by atoms with Crippen LogP contribution in [0.2, 0.25) is 5.02 Å². The first-order chi connectivity index (χ1) is 9.69. The van der Waals surface area contributed by atoms with Gasteiger partial charge in [-0.15, -0.1) is 0 Å². The molecule has 0 saturated carbocycles. The Morgan fingerprint density at radius 2 is 2.20 bits per heavy atom. The number of benzene rings is 1. The molecule has 0 aliphatic rings. The number of halogens is 2. The highest BCUT2D eigenvalue weighted by Gasteiger charge is 2.04. The van der Waals surface area contributed by atoms with Crippen LogP contribution in [0.3, 0.4) is 0 Å². The maximum absolute atomic E-state index is 6.11. The molecule has 0 bridgehead atoms. The first kappa shape index (κ1) is 15.3. The monoisotopic (exact) mass is 354 g/mol. The van der Waals surface area contributed by atoms with Gasteiger partial charge in [0.1, 0.15) is 6.61 Å². The molecule has 1 aromatic heterocycles. The standard InChI is InChI=1S/C15H16BrClN2O/c1-2-18-8-12-7-15(19-9-14(12)17)20-10-11-4-3-5-13(16)6-11/h3-7,9,18H,2,8,10H2,1H3. The van der Waals surface area contributed by atoms with Crippen molar-refractivity contribution in [2.45, 2.75) is 20.1 Å². The van der Waals surface area contributed by atoms with E-state index in [2.05, 4.69) is 33.2 Å². The van der Waals surface area contributed by atoms with Gasteiger partial charge in [0.05, 0.1) is 5.02 Å². The van der Waals surface area contributed by atoms with Gasteiger partial charge in [0.25, 0.3) is 0 Å². The summed E-state index contributed by atoms with van der Waals surface area (Å²) in [5, 5.41) is 3.89. The van der Waals surface area contributed by atoms with Gasteiger partial charge >= 0.3 is 0 Å². The van der Waals surface area contributed by atoms with Gasteiger partial charge in [-0.1, -0.05) is 46.6 Å². The summed E-state index contributed by atoms with van der Waals surface area (Å²) in [6.07, 6.45) is 1.63. The number of hydrogen-bond donors (Lipinski definition) is 1. The molecule has 20 heavy (non-hydrogen) atoms. The normalized spacial score (nSPS) is 10.6. The van der Waals surface area contributed by atoms with Crippen LogP contribution in [0.5, 0.6) is 5.88 Å². The summed E-state index contributed by atoms with van der Waals surface area (Å²) in [4.78, 5) is 4.19. The Labute approximate surface area is 132 Å². The van der Waals surface area contributed by atoms with Crippen LogP contribution >= 0.6 is 27.5 Å². The van der Waals surface area contributed by atoms with E-state index < -0.39 is 0 Å². The highest BCUT2D eigenvalue weighted by atomic mass is 79.9. The Morgan fingerprint density at radius 1 is 1.35 bits per heavy atom. The SMILES string of the molecule is CCNCc1cc(OCc2cccc(Br)c2)ncc1Cl. The largest absolute Gasteiger partial charge is 0.473 e. The fourth-order valence-corrected chi connectivity index (χ4v) is 2.33. The fourth-order valence-electron chi connectivity index (χ4n) is 1.72. The van der Waals surface area contributed by atoms with Gasteiger partial charge in [0, 0.05) is 23.3 Å². The summed E-state index contributed by atoms with van der Waals surface area (Å²) >= 11 is 9.55. The molecule has 1 N–H and O–H groups in total. The van der Waals surface area contributed by atoms with Crippen molar-refractivity contribution in [1.29, 1.82) is 0 Å². The molecular formula is C15H16BrClN2O. The van der Waals surface area contributed by atoms with E-state index in [0.29, 0.717) is 24.1 Å². The Balaban J connectivity index is 2.02. The van der Waals surface area contributed by atoms with E-state index in [1.807, 2.05) is 30.3 Å². The Kier molecular flexibility index (Phi) is 5.83. The molecule has 2 rings (SSSR count). The van der Waals surface area contributed by atoms with Gasteiger partial charge in [-0.05, 0) is 29.8 Å². The highest BCUT2D eigenvalue weighted by molar-refractivity contribution is 9.10. The number of nitrogens with one attached hydrogen (secondary N) is 1. The maximum atomic E-state index is 6.11. The van der Waals surface area contributed by atoms with Crippen LogP contribution in [0.4, 0.5) is 0 Å². The maximum Gasteiger partial charge on any atom is 0.213 e. The lowest BCUT2D eigenvalue weighted by Gasteiger charge is -2.09. The van der Waals surface area contributed by atoms with Crippen molar-refractivity contribution in [1.82, 2.24) is 10.3 Å². The van der Waals surface area contributed by atoms with Gasteiger partial charge in [-0.3, -0.25) is 0 Å². The summed E-state index contributed by atoms with van der Waals surface area (Å²) in [5.41, 5.74) is 2.08. The molecule has 1 heterocycles. The third kappa shape index (κ3) is 4.47. The van der Waals surface area contributed by atoms with Crippen LogP contribution in [-0.4, -0.2) is 11.5 Å². The molecule has 0 spiro atoms. The van der Waals surface area contributed by atoms with Crippen LogP contribution in [0.15, 0.2) is 41.0 Å². The summed E-state index contributed by atoms with van der Waals surface area (Å²) < 4.78 is 6.74. The van der Waals surface area contributed by atoms with Gasteiger partial charge in [0.15, 0.2) is 0 Å². The van der Waals surface area contributed by atoms with Crippen molar-refractivity contribution in [3.63, 3.8) is 0 Å². The fraction of sp³-hybridized carbons (Fsp3) is 0.267. The topological polar surface area (TPSA) is 34.1 Å². The van der Waals surface area contributed by atoms with Crippen LogP contribution in [0, 0.1) is 0 Å². The van der Waals surface area contributed by atoms with Crippen molar-refractivity contribution in [3.8, 4) is 5.88 Å². The lowest BCUT2D eigenvalue weighted by atomic mass is 10.2. The molecule has 0 fully saturated rings. The second-order valence-electron chi connectivity index (χ2n) is 4.31. The minimum absolute atomic E-state index is 0.481. The van der Waals surface area contributed by atoms with Crippen LogP contribution in [0.25, 0.3) is 0 Å². The number of hydrogen-bond acceptors (Lipinski definition) is 3. The molecular weight excluding hydrogens is 340 g/mol. The van der Waals surface area contributed by atoms with Crippen LogP contribution in [-0.2, 0) is 13.2 Å². The Bertz CT molecular complexity index is 578. The van der Waals surface area contributed by atoms with Crippen LogP contribution in [0.1, 0.15) is 18.1 Å². The van der Waals surface area contributed by atoms with Crippen molar-refractivity contribution >= 4 is 27.5 Å². The number of rotatable bonds is 6. The molecule has 0 saturated heterocycles. The predicted molar refractivity (Wildman–Crippen MR) is 85.1 cm³/mol. The third-order valence-corrected chi connectivity index (χ3v) is 3.58. The molecule has 106 valence electrons. The number of aromatic nitrogens is 1. The molecule has 0 atom stereocenters. The Morgan fingerprint density at radius 3 is 2.95 bits per heavy atom. The van der Waals surface area contributed by atoms with E-state index >= 15 is 0 Å². The van der Waals surface area contributed by atoms with E-state index in [1.54, 1.807) is 6.20 Å². The number of ether oxygens (including phenoxy) is 1. The smallest absolute Gasteiger partial charge is 0.213 e. The number of pyridine rings is 1. The summed E-state index contributed by atoms with van der Waals surface area (Å²) in [6, 6.07) is 9.88. The van der Waals surface area contributed by atoms with E-state index in [9.17, 15) is 0 Å². The average molecular weight is 356 g/mol. The molecule has 3 nitrogen and oxygen atoms in total. The van der Waals surface area contributed by atoms with E-state index in [4.69, 9.17) is 16.3 Å². The quantitative estimate of drug-likeness (QED) is 0.844. The molecule has 0 radical (unpaired) electrons. The molecule has 5 heteroatoms. The number of nitrogens with zero attached hydrogens (tertiary/aromatic N) is 1. The molecule has 1 aromatic carbocycles. The van der Waals surface area contributed by atoms with Crippen molar-refractivity contribution in [3.05, 3.63) is 57.2 Å². The van der Waals surface area contributed by atoms with Gasteiger partial charge in [-0.25, -0.2) is 4.98 Å². The van der Waals surface area contributed by atoms with Crippen molar-refractivity contribution in [2.75, 3.05) is 6.54 Å². The summed E-state index contributed by atoms with van der Waals surface area (Å²) in [5.74, 6) is 0.585. The minimum atomic E-state index is 0.481. The molecule has 0 unspecified atom stereocenters. The second kappa shape index (κ2) is 7.62. The second-order valence-corrected chi connectivity index (χ2v) is 5.64. The summed E-state index contributed by atoms with van der Waals surface area (Å²) in [6.45, 7) is 4.15. The molecule has 2 aromatic rings. The van der Waals surface area contributed by atoms with E-state index in [1.165, 1.54) is 0 Å². The minimum Gasteiger partial charge on any atom is -0.473 e. The predicted octanol–water partition coefficient (Wildman–Crippen LogP) is 4.19. The molecule has 0 amide bonds. The average Bonchev–Trinajstić information content (AvgIpc) is 2.45. The van der Waals surface area contributed by atoms with Crippen molar-refractivity contribution < 1.29 is 4.74 Å². The zero-order chi connectivity index (χ0) is 14.4.